The van der Waals surface area contributed by atoms with Gasteiger partial charge < -0.3 is 20.7 Å². The molecule has 2 aromatic rings. The van der Waals surface area contributed by atoms with Crippen LogP contribution in [0.5, 0.6) is 5.75 Å². The van der Waals surface area contributed by atoms with E-state index in [1.54, 1.807) is 12.1 Å². The van der Waals surface area contributed by atoms with Gasteiger partial charge in [-0.1, -0.05) is 6.07 Å². The number of carbonyl (C=O) groups excluding carboxylic acids is 1. The molecule has 1 aromatic carbocycles. The van der Waals surface area contributed by atoms with Crippen molar-refractivity contribution in [3.05, 3.63) is 47.3 Å². The quantitative estimate of drug-likeness (QED) is 0.748. The summed E-state index contributed by atoms with van der Waals surface area (Å²) in [7, 11) is 0. The van der Waals surface area contributed by atoms with E-state index in [0.29, 0.717) is 5.69 Å². The molecule has 0 aliphatic rings. The Labute approximate surface area is 118 Å². The Morgan fingerprint density at radius 2 is 1.95 bits per heavy atom. The molecular formula is C15H19N3O2. The van der Waals surface area contributed by atoms with Crippen molar-refractivity contribution in [2.75, 3.05) is 5.32 Å². The number of phenolic OH excluding ortho intramolecular Hbond substituents is 1. The van der Waals surface area contributed by atoms with Crippen LogP contribution in [0.4, 0.5) is 10.5 Å². The van der Waals surface area contributed by atoms with Gasteiger partial charge in [0.1, 0.15) is 5.75 Å². The zero-order valence-electron chi connectivity index (χ0n) is 11.7. The highest BCUT2D eigenvalue weighted by atomic mass is 16.3. The third-order valence-electron chi connectivity index (χ3n) is 3.32. The molecule has 0 unspecified atom stereocenters. The standard InChI is InChI=1S/C15H19N3O2/c1-10-8-18(9-11(10)2)6-5-12-3-4-14(19)13(7-12)17-15(16)20/h3-4,7-9,19H,5-6H2,1-2H3,(H3,16,17,20). The van der Waals surface area contributed by atoms with Crippen LogP contribution in [0.25, 0.3) is 0 Å². The third kappa shape index (κ3) is 3.32. The summed E-state index contributed by atoms with van der Waals surface area (Å²) >= 11 is 0. The highest BCUT2D eigenvalue weighted by Crippen LogP contribution is 2.24. The molecule has 0 spiro atoms. The molecule has 0 atom stereocenters. The molecule has 20 heavy (non-hydrogen) atoms. The van der Waals surface area contributed by atoms with E-state index in [1.807, 2.05) is 6.07 Å². The van der Waals surface area contributed by atoms with Gasteiger partial charge in [-0.2, -0.15) is 0 Å². The van der Waals surface area contributed by atoms with Gasteiger partial charge in [-0.3, -0.25) is 0 Å². The number of primary amides is 1. The molecular weight excluding hydrogens is 254 g/mol. The second-order valence-electron chi connectivity index (χ2n) is 4.95. The topological polar surface area (TPSA) is 80.3 Å². The molecule has 2 amide bonds. The molecule has 0 aliphatic heterocycles. The van der Waals surface area contributed by atoms with Crippen molar-refractivity contribution in [3.8, 4) is 5.75 Å². The van der Waals surface area contributed by atoms with E-state index in [2.05, 4.69) is 36.1 Å². The van der Waals surface area contributed by atoms with Crippen LogP contribution in [0, 0.1) is 13.8 Å². The van der Waals surface area contributed by atoms with Crippen LogP contribution in [0.15, 0.2) is 30.6 Å². The lowest BCUT2D eigenvalue weighted by Crippen LogP contribution is -2.19. The molecule has 0 radical (unpaired) electrons. The largest absolute Gasteiger partial charge is 0.506 e. The molecule has 2 rings (SSSR count). The SMILES string of the molecule is Cc1cn(CCc2ccc(O)c(NC(N)=O)c2)cc1C. The summed E-state index contributed by atoms with van der Waals surface area (Å²) in [5, 5.41) is 12.0. The van der Waals surface area contributed by atoms with Gasteiger partial charge >= 0.3 is 6.03 Å². The van der Waals surface area contributed by atoms with Crippen molar-refractivity contribution in [2.45, 2.75) is 26.8 Å². The number of aromatic nitrogens is 1. The Balaban J connectivity index is 2.07. The number of phenols is 1. The molecule has 5 heteroatoms. The number of nitrogens with zero attached hydrogens (tertiary/aromatic N) is 1. The number of hydrogen-bond acceptors (Lipinski definition) is 2. The second kappa shape index (κ2) is 5.69. The fourth-order valence-corrected chi connectivity index (χ4v) is 2.10. The van der Waals surface area contributed by atoms with Gasteiger partial charge in [0.25, 0.3) is 0 Å². The maximum absolute atomic E-state index is 10.8. The summed E-state index contributed by atoms with van der Waals surface area (Å²) in [5.41, 5.74) is 8.97. The van der Waals surface area contributed by atoms with E-state index in [1.165, 1.54) is 11.1 Å². The fraction of sp³-hybridized carbons (Fsp3) is 0.267. The minimum atomic E-state index is -0.686. The molecule has 0 saturated heterocycles. The molecule has 1 aromatic heterocycles. The van der Waals surface area contributed by atoms with Gasteiger partial charge in [0, 0.05) is 18.9 Å². The number of nitrogens with two attached hydrogens (primary N) is 1. The second-order valence-corrected chi connectivity index (χ2v) is 4.95. The van der Waals surface area contributed by atoms with Crippen LogP contribution in [0.2, 0.25) is 0 Å². The zero-order valence-corrected chi connectivity index (χ0v) is 11.7. The van der Waals surface area contributed by atoms with Gasteiger partial charge in [-0.05, 0) is 49.1 Å². The van der Waals surface area contributed by atoms with Crippen LogP contribution in [0.3, 0.4) is 0 Å². The average molecular weight is 273 g/mol. The van der Waals surface area contributed by atoms with Crippen LogP contribution in [0.1, 0.15) is 16.7 Å². The highest BCUT2D eigenvalue weighted by Gasteiger charge is 2.05. The summed E-state index contributed by atoms with van der Waals surface area (Å²) in [6, 6.07) is 4.45. The Morgan fingerprint density at radius 3 is 2.55 bits per heavy atom. The van der Waals surface area contributed by atoms with Crippen LogP contribution >= 0.6 is 0 Å². The smallest absolute Gasteiger partial charge is 0.316 e. The van der Waals surface area contributed by atoms with E-state index >= 15 is 0 Å². The number of aromatic hydroxyl groups is 1. The van der Waals surface area contributed by atoms with Gasteiger partial charge in [0.2, 0.25) is 0 Å². The lowest BCUT2D eigenvalue weighted by molar-refractivity contribution is 0.259. The number of hydrogen-bond donors (Lipinski definition) is 3. The first-order valence-corrected chi connectivity index (χ1v) is 6.47. The number of rotatable bonds is 4. The van der Waals surface area contributed by atoms with Gasteiger partial charge in [0.05, 0.1) is 5.69 Å². The molecule has 1 heterocycles. The van der Waals surface area contributed by atoms with Gasteiger partial charge in [-0.15, -0.1) is 0 Å². The lowest BCUT2D eigenvalue weighted by Gasteiger charge is -2.08. The number of benzene rings is 1. The number of anilines is 1. The van der Waals surface area contributed by atoms with Crippen molar-refractivity contribution in [2.24, 2.45) is 5.73 Å². The van der Waals surface area contributed by atoms with Crippen molar-refractivity contribution in [1.29, 1.82) is 0 Å². The van der Waals surface area contributed by atoms with Crippen molar-refractivity contribution < 1.29 is 9.90 Å². The Kier molecular flexibility index (Phi) is 3.98. The van der Waals surface area contributed by atoms with Crippen LogP contribution in [-0.4, -0.2) is 15.7 Å². The van der Waals surface area contributed by atoms with E-state index in [-0.39, 0.29) is 5.75 Å². The maximum Gasteiger partial charge on any atom is 0.316 e. The molecule has 4 N–H and O–H groups in total. The molecule has 5 nitrogen and oxygen atoms in total. The summed E-state index contributed by atoms with van der Waals surface area (Å²) in [4.78, 5) is 10.8. The summed E-state index contributed by atoms with van der Waals surface area (Å²) in [6.07, 6.45) is 5.03. The predicted octanol–water partition coefficient (Wildman–Crippen LogP) is 2.54. The Morgan fingerprint density at radius 1 is 1.30 bits per heavy atom. The summed E-state index contributed by atoms with van der Waals surface area (Å²) in [6.45, 7) is 5.01. The predicted molar refractivity (Wildman–Crippen MR) is 78.9 cm³/mol. The number of carbonyl (C=O) groups is 1. The van der Waals surface area contributed by atoms with Crippen molar-refractivity contribution in [1.82, 2.24) is 4.57 Å². The first-order valence-electron chi connectivity index (χ1n) is 6.47. The molecule has 0 saturated carbocycles. The molecule has 0 aliphatic carbocycles. The first kappa shape index (κ1) is 14.0. The Hall–Kier alpha value is -2.43. The normalized spacial score (nSPS) is 10.5. The third-order valence-corrected chi connectivity index (χ3v) is 3.32. The maximum atomic E-state index is 10.8. The fourth-order valence-electron chi connectivity index (χ4n) is 2.10. The Bertz CT molecular complexity index is 613. The van der Waals surface area contributed by atoms with Crippen LogP contribution in [-0.2, 0) is 13.0 Å². The molecule has 106 valence electrons. The zero-order chi connectivity index (χ0) is 14.7. The summed E-state index contributed by atoms with van der Waals surface area (Å²) < 4.78 is 2.14. The number of urea groups is 1. The number of nitrogens with one attached hydrogen (secondary N) is 1. The van der Waals surface area contributed by atoms with Gasteiger partial charge in [0.15, 0.2) is 0 Å². The highest BCUT2D eigenvalue weighted by molar-refractivity contribution is 5.89. The minimum Gasteiger partial charge on any atom is -0.506 e. The monoisotopic (exact) mass is 273 g/mol. The van der Waals surface area contributed by atoms with E-state index in [4.69, 9.17) is 5.73 Å². The first-order chi connectivity index (χ1) is 9.45. The van der Waals surface area contributed by atoms with E-state index in [9.17, 15) is 9.90 Å². The van der Waals surface area contributed by atoms with Gasteiger partial charge in [-0.25, -0.2) is 4.79 Å². The average Bonchev–Trinajstić information content (AvgIpc) is 2.69. The van der Waals surface area contributed by atoms with Crippen LogP contribution < -0.4 is 11.1 Å². The minimum absolute atomic E-state index is 0.0141. The molecule has 0 fully saturated rings. The number of aryl methyl sites for hydroxylation is 4. The molecule has 0 bridgehead atoms. The van der Waals surface area contributed by atoms with Crippen molar-refractivity contribution >= 4 is 11.7 Å². The van der Waals surface area contributed by atoms with E-state index in [0.717, 1.165) is 18.5 Å². The number of amides is 2. The van der Waals surface area contributed by atoms with Crippen molar-refractivity contribution in [3.63, 3.8) is 0 Å². The lowest BCUT2D eigenvalue weighted by atomic mass is 10.1. The summed E-state index contributed by atoms with van der Waals surface area (Å²) in [5.74, 6) is 0.0141. The van der Waals surface area contributed by atoms with E-state index < -0.39 is 6.03 Å².